The topological polar surface area (TPSA) is 166 Å². The van der Waals surface area contributed by atoms with Crippen molar-refractivity contribution in [1.29, 1.82) is 0 Å². The largest absolute Gasteiger partial charge is 0.494 e. The molecule has 18 atom stereocenters. The number of cyclic esters (lactones) is 1. The van der Waals surface area contributed by atoms with Crippen LogP contribution < -0.4 is 9.64 Å². The maximum absolute atomic E-state index is 14.7. The van der Waals surface area contributed by atoms with Crippen LogP contribution in [0.25, 0.3) is 10.8 Å². The van der Waals surface area contributed by atoms with Gasteiger partial charge in [-0.05, 0) is 132 Å². The van der Waals surface area contributed by atoms with Gasteiger partial charge in [-0.3, -0.25) is 9.59 Å². The van der Waals surface area contributed by atoms with Gasteiger partial charge in [-0.2, -0.15) is 0 Å². The van der Waals surface area contributed by atoms with E-state index >= 15 is 0 Å². The van der Waals surface area contributed by atoms with E-state index in [9.17, 15) is 24.9 Å². The number of carbonyl (C=O) groups excluding carboxylic acids is 2. The van der Waals surface area contributed by atoms with Crippen LogP contribution in [0, 0.1) is 35.5 Å². The Morgan fingerprint density at radius 2 is 1.55 bits per heavy atom. The minimum absolute atomic E-state index is 0.0624. The lowest BCUT2D eigenvalue weighted by Gasteiger charge is -2.52. The van der Waals surface area contributed by atoms with Gasteiger partial charge in [0.05, 0.1) is 48.1 Å². The summed E-state index contributed by atoms with van der Waals surface area (Å²) in [5.74, 6) is -3.55. The van der Waals surface area contributed by atoms with Crippen LogP contribution in [0.5, 0.6) is 5.75 Å². The summed E-state index contributed by atoms with van der Waals surface area (Å²) >= 11 is 0. The quantitative estimate of drug-likeness (QED) is 0.104. The predicted octanol–water partition coefficient (Wildman–Crippen LogP) is 8.54. The lowest BCUT2D eigenvalue weighted by Crippen LogP contribution is -2.62. The molecule has 3 aromatic carbocycles. The molecule has 0 aliphatic carbocycles. The summed E-state index contributed by atoms with van der Waals surface area (Å²) in [5.41, 5.74) is 0.250. The van der Waals surface area contributed by atoms with Gasteiger partial charge in [0.15, 0.2) is 6.29 Å². The summed E-state index contributed by atoms with van der Waals surface area (Å²) in [6, 6.07) is 21.2. The molecule has 2 unspecified atom stereocenters. The molecule has 4 aliphatic heterocycles. The van der Waals surface area contributed by atoms with E-state index in [4.69, 9.17) is 33.2 Å². The van der Waals surface area contributed by atoms with Crippen molar-refractivity contribution in [2.24, 2.45) is 35.5 Å². The van der Waals surface area contributed by atoms with Crippen LogP contribution in [0.2, 0.25) is 0 Å². The van der Waals surface area contributed by atoms with Gasteiger partial charge >= 0.3 is 5.97 Å². The molecule has 3 aromatic rings. The molecule has 0 spiro atoms. The van der Waals surface area contributed by atoms with Crippen LogP contribution in [0.3, 0.4) is 0 Å². The monoisotopic (exact) mass is 1030 g/mol. The Hall–Kier alpha value is -3.70. The van der Waals surface area contributed by atoms with Gasteiger partial charge < -0.3 is 58.3 Å². The fourth-order valence-electron chi connectivity index (χ4n) is 13.2. The molecule has 7 rings (SSSR count). The van der Waals surface area contributed by atoms with E-state index in [0.29, 0.717) is 32.4 Å². The first kappa shape index (κ1) is 58.0. The van der Waals surface area contributed by atoms with Gasteiger partial charge in [-0.25, -0.2) is 0 Å². The highest BCUT2D eigenvalue weighted by Gasteiger charge is 2.56. The molecule has 412 valence electrons. The van der Waals surface area contributed by atoms with Gasteiger partial charge in [0, 0.05) is 69.8 Å². The molecule has 0 saturated carbocycles. The molecule has 0 amide bonds. The van der Waals surface area contributed by atoms with Crippen molar-refractivity contribution in [1.82, 2.24) is 4.90 Å². The molecule has 4 aliphatic rings. The Kier molecular flexibility index (Phi) is 18.7. The molecular formula is C60H90N2O12. The second-order valence-electron chi connectivity index (χ2n) is 23.4. The van der Waals surface area contributed by atoms with E-state index in [1.54, 1.807) is 28.1 Å². The van der Waals surface area contributed by atoms with Crippen molar-refractivity contribution in [3.05, 3.63) is 71.8 Å². The molecule has 14 heteroatoms. The van der Waals surface area contributed by atoms with E-state index in [-0.39, 0.29) is 30.8 Å². The number of anilines is 1. The predicted molar refractivity (Wildman–Crippen MR) is 287 cm³/mol. The van der Waals surface area contributed by atoms with E-state index < -0.39 is 101 Å². The Balaban J connectivity index is 1.11. The molecular weight excluding hydrogens is 941 g/mol. The number of ether oxygens (including phenoxy) is 7. The minimum atomic E-state index is -1.53. The number of para-hydroxylation sites is 1. The number of aliphatic hydroxyl groups is 3. The number of likely N-dealkylation sites (N-methyl/N-ethyl adjacent to an activating group) is 1. The maximum atomic E-state index is 14.7. The molecule has 14 nitrogen and oxygen atoms in total. The fourth-order valence-corrected chi connectivity index (χ4v) is 13.2. The van der Waals surface area contributed by atoms with Crippen LogP contribution in [-0.2, 0) is 51.0 Å². The van der Waals surface area contributed by atoms with Gasteiger partial charge in [0.2, 0.25) is 0 Å². The third kappa shape index (κ3) is 12.2. The number of rotatable bonds is 14. The summed E-state index contributed by atoms with van der Waals surface area (Å²) in [6.45, 7) is 23.4. The van der Waals surface area contributed by atoms with E-state index in [1.165, 1.54) is 16.8 Å². The lowest BCUT2D eigenvalue weighted by molar-refractivity contribution is -0.305. The zero-order valence-corrected chi connectivity index (χ0v) is 46.9. The molecule has 3 saturated heterocycles. The highest BCUT2D eigenvalue weighted by atomic mass is 16.7. The van der Waals surface area contributed by atoms with E-state index in [2.05, 4.69) is 64.4 Å². The summed E-state index contributed by atoms with van der Waals surface area (Å²) in [5, 5.41) is 38.2. The Morgan fingerprint density at radius 3 is 2.26 bits per heavy atom. The molecule has 0 bridgehead atoms. The number of methoxy groups -OCH3 is 2. The van der Waals surface area contributed by atoms with Gasteiger partial charge in [0.25, 0.3) is 0 Å². The molecule has 0 aromatic heterocycles. The van der Waals surface area contributed by atoms with Gasteiger partial charge in [-0.1, -0.05) is 77.9 Å². The number of hydrogen-bond acceptors (Lipinski definition) is 14. The van der Waals surface area contributed by atoms with Crippen molar-refractivity contribution >= 4 is 28.2 Å². The van der Waals surface area contributed by atoms with E-state index in [1.807, 2.05) is 75.4 Å². The van der Waals surface area contributed by atoms with Crippen LogP contribution in [0.1, 0.15) is 119 Å². The zero-order chi connectivity index (χ0) is 54.0. The number of nitrogens with zero attached hydrogens (tertiary/aromatic N) is 2. The normalized spacial score (nSPS) is 38.7. The number of esters is 1. The van der Waals surface area contributed by atoms with Crippen molar-refractivity contribution in [3.8, 4) is 5.75 Å². The number of ketones is 1. The highest BCUT2D eigenvalue weighted by Crippen LogP contribution is 2.46. The Bertz CT molecular complexity index is 2360. The van der Waals surface area contributed by atoms with Gasteiger partial charge in [0.1, 0.15) is 35.4 Å². The average Bonchev–Trinajstić information content (AvgIpc) is 3.79. The number of benzene rings is 3. The van der Waals surface area contributed by atoms with Crippen LogP contribution in [0.4, 0.5) is 5.69 Å². The second-order valence-corrected chi connectivity index (χ2v) is 23.4. The summed E-state index contributed by atoms with van der Waals surface area (Å²) in [7, 11) is 5.17. The van der Waals surface area contributed by atoms with Crippen LogP contribution in [0.15, 0.2) is 60.7 Å². The smallest absolute Gasteiger partial charge is 0.309 e. The second kappa shape index (κ2) is 23.9. The van der Waals surface area contributed by atoms with Gasteiger partial charge in [-0.15, -0.1) is 0 Å². The zero-order valence-electron chi connectivity index (χ0n) is 46.9. The van der Waals surface area contributed by atoms with Crippen molar-refractivity contribution in [2.45, 2.75) is 193 Å². The number of aliphatic hydroxyl groups excluding tert-OH is 2. The maximum Gasteiger partial charge on any atom is 0.309 e. The van der Waals surface area contributed by atoms with Crippen LogP contribution in [-0.4, -0.2) is 145 Å². The molecule has 0 radical (unpaired) electrons. The van der Waals surface area contributed by atoms with E-state index in [0.717, 1.165) is 36.0 Å². The molecule has 3 fully saturated rings. The number of Topliss-reactive ketones (excluding diaryl/α,β-unsaturated/α-hetero) is 1. The number of fused-ring (bicyclic) bond motifs is 2. The highest BCUT2D eigenvalue weighted by molar-refractivity contribution is 5.85. The first-order valence-electron chi connectivity index (χ1n) is 27.5. The third-order valence-electron chi connectivity index (χ3n) is 18.3. The van der Waals surface area contributed by atoms with Crippen LogP contribution >= 0.6 is 0 Å². The minimum Gasteiger partial charge on any atom is -0.494 e. The average molecular weight is 1030 g/mol. The summed E-state index contributed by atoms with van der Waals surface area (Å²) < 4.78 is 45.6. The summed E-state index contributed by atoms with van der Waals surface area (Å²) in [6.07, 6.45) is -3.44. The molecule has 4 heterocycles. The lowest BCUT2D eigenvalue weighted by atomic mass is 9.67. The molecule has 74 heavy (non-hydrogen) atoms. The van der Waals surface area contributed by atoms with Crippen molar-refractivity contribution in [2.75, 3.05) is 45.9 Å². The Labute approximate surface area is 441 Å². The fraction of sp³-hybridized carbons (Fsp3) is 0.700. The SMILES string of the molecule is CC[C@H]1OC(=O)[C@H](C)[C@@H](C2C[C@@](C)(OC)[C@@H](O)[C@H](C)O2)[C@H](C)[C@@H](O[C@@H]2O[C@H](C)C[C@H](N(C)CCCOc3ccc4ccc(CN5CCc6ccccc65)cc4c3)C2O)[C@](C)(OC)C[C@@H](C)C(=O)[C@H](C)[C@@H](C)[C@]1(C)O. The number of hydrogen-bond donors (Lipinski definition) is 3. The Morgan fingerprint density at radius 1 is 0.851 bits per heavy atom. The standard InChI is InChI=1S/C60H90N2O12/c1-15-50-60(11,67)40(7)37(4)52(63)35(2)32-59(10,69-14)55(38(5)51(39(6)56(66)73-50)49-33-58(9,68-13)54(65)41(8)72-49)74-57-53(64)48(29-36(3)71-57)61(12)26-18-28-70-46-24-23-43-22-21-42(30-45(43)31-46)34-62-27-25-44-19-16-17-20-47(44)62/h16-17,19-24,30-31,35-41,48-51,53-55,57,64-65,67H,15,18,25-29,32-34H2,1-14H3/t35-,36-,37-,38+,39-,40-,41+,48+,49?,50-,51+,53?,54+,55-,57+,58-,59-,60+/m1/s1. The number of carbonyl (C=O) groups is 2. The first-order valence-corrected chi connectivity index (χ1v) is 27.5. The van der Waals surface area contributed by atoms with Crippen molar-refractivity contribution < 1.29 is 58.1 Å². The summed E-state index contributed by atoms with van der Waals surface area (Å²) in [4.78, 5) is 33.8. The first-order chi connectivity index (χ1) is 35.0. The molecule has 3 N–H and O–H groups in total. The van der Waals surface area contributed by atoms with Crippen molar-refractivity contribution in [3.63, 3.8) is 0 Å². The third-order valence-corrected chi connectivity index (χ3v) is 18.3.